The Morgan fingerprint density at radius 3 is 2.27 bits per heavy atom. The lowest BCUT2D eigenvalue weighted by molar-refractivity contribution is -0.133. The molecule has 126 valence electrons. The Bertz CT molecular complexity index is 458. The Kier molecular flexibility index (Phi) is 8.75. The third-order valence-corrected chi connectivity index (χ3v) is 4.03. The Labute approximate surface area is 150 Å². The molecular weight excluding hydrogens is 369 g/mol. The Morgan fingerprint density at radius 1 is 1.23 bits per heavy atom. The molecule has 1 amide bonds. The molecule has 0 saturated heterocycles. The van der Waals surface area contributed by atoms with Crippen LogP contribution in [0.4, 0.5) is 0 Å². The molecular formula is C13H20Cl3N3O2S. The smallest absolute Gasteiger partial charge is 0.293 e. The van der Waals surface area contributed by atoms with Gasteiger partial charge in [-0.3, -0.25) is 4.79 Å². The predicted octanol–water partition coefficient (Wildman–Crippen LogP) is 4.17. The van der Waals surface area contributed by atoms with Gasteiger partial charge in [0.25, 0.3) is 14.9 Å². The maximum atomic E-state index is 12.2. The molecule has 0 N–H and O–H groups in total. The molecule has 0 fully saturated rings. The van der Waals surface area contributed by atoms with E-state index in [1.165, 1.54) is 0 Å². The van der Waals surface area contributed by atoms with Crippen molar-refractivity contribution in [3.8, 4) is 5.19 Å². The van der Waals surface area contributed by atoms with Crippen LogP contribution in [-0.2, 0) is 8.59 Å². The molecule has 9 heteroatoms. The van der Waals surface area contributed by atoms with Crippen molar-refractivity contribution in [2.45, 2.75) is 43.3 Å². The summed E-state index contributed by atoms with van der Waals surface area (Å²) in [6, 6.07) is 0. The van der Waals surface area contributed by atoms with Gasteiger partial charge in [-0.1, -0.05) is 61.5 Å². The summed E-state index contributed by atoms with van der Waals surface area (Å²) in [5.41, 5.74) is 0. The van der Waals surface area contributed by atoms with Gasteiger partial charge in [-0.2, -0.15) is 9.36 Å². The summed E-state index contributed by atoms with van der Waals surface area (Å²) in [5.74, 6) is -0.00805. The minimum atomic E-state index is -1.68. The number of alkyl halides is 3. The van der Waals surface area contributed by atoms with E-state index in [4.69, 9.17) is 39.5 Å². The predicted molar refractivity (Wildman–Crippen MR) is 91.0 cm³/mol. The Hall–Kier alpha value is -0.300. The molecule has 1 heterocycles. The lowest BCUT2D eigenvalue weighted by Gasteiger charge is -2.22. The summed E-state index contributed by atoms with van der Waals surface area (Å²) in [7, 11) is 0. The van der Waals surface area contributed by atoms with Gasteiger partial charge in [-0.05, 0) is 12.8 Å². The van der Waals surface area contributed by atoms with Gasteiger partial charge in [0.15, 0.2) is 12.4 Å². The fraction of sp³-hybridized carbons (Fsp3) is 0.769. The maximum absolute atomic E-state index is 12.2. The number of carbonyl (C=O) groups excluding carboxylic acids is 1. The first-order valence-corrected chi connectivity index (χ1v) is 9.10. The Balaban J connectivity index is 2.52. The fourth-order valence-corrected chi connectivity index (χ4v) is 2.64. The molecule has 1 aromatic heterocycles. The van der Waals surface area contributed by atoms with Gasteiger partial charge in [0.2, 0.25) is 0 Å². The number of hydrogen-bond donors (Lipinski definition) is 0. The monoisotopic (exact) mass is 387 g/mol. The maximum Gasteiger partial charge on any atom is 0.293 e. The second-order valence-electron chi connectivity index (χ2n) is 4.76. The first kappa shape index (κ1) is 19.7. The van der Waals surface area contributed by atoms with Crippen LogP contribution in [0.3, 0.4) is 0 Å². The van der Waals surface area contributed by atoms with Crippen molar-refractivity contribution in [1.82, 2.24) is 14.3 Å². The van der Waals surface area contributed by atoms with E-state index in [2.05, 4.69) is 23.2 Å². The van der Waals surface area contributed by atoms with E-state index in [1.54, 1.807) is 0 Å². The molecule has 0 aliphatic rings. The number of aromatic nitrogens is 2. The number of amides is 1. The van der Waals surface area contributed by atoms with Crippen LogP contribution in [-0.4, -0.2) is 39.9 Å². The first-order chi connectivity index (χ1) is 10.4. The topological polar surface area (TPSA) is 55.3 Å². The third kappa shape index (κ3) is 6.86. The van der Waals surface area contributed by atoms with Gasteiger partial charge in [0.1, 0.15) is 0 Å². The van der Waals surface area contributed by atoms with Crippen molar-refractivity contribution >= 4 is 52.2 Å². The highest BCUT2D eigenvalue weighted by Gasteiger charge is 2.29. The van der Waals surface area contributed by atoms with Crippen LogP contribution in [0.2, 0.25) is 0 Å². The van der Waals surface area contributed by atoms with Crippen molar-refractivity contribution in [1.29, 1.82) is 0 Å². The zero-order chi connectivity index (χ0) is 16.6. The minimum Gasteiger partial charge on any atom is -0.459 e. The van der Waals surface area contributed by atoms with E-state index < -0.39 is 3.79 Å². The minimum absolute atomic E-state index is 0.0544. The van der Waals surface area contributed by atoms with E-state index >= 15 is 0 Å². The van der Waals surface area contributed by atoms with Gasteiger partial charge < -0.3 is 9.64 Å². The fourth-order valence-electron chi connectivity index (χ4n) is 1.66. The highest BCUT2D eigenvalue weighted by Crippen LogP contribution is 2.37. The normalized spacial score (nSPS) is 11.5. The molecule has 0 aliphatic heterocycles. The molecule has 0 bridgehead atoms. The summed E-state index contributed by atoms with van der Waals surface area (Å²) < 4.78 is 7.57. The summed E-state index contributed by atoms with van der Waals surface area (Å²) in [4.78, 5) is 18.0. The van der Waals surface area contributed by atoms with Gasteiger partial charge in [0.05, 0.1) is 0 Å². The lowest BCUT2D eigenvalue weighted by atomic mass is 10.2. The average Bonchev–Trinajstić information content (AvgIpc) is 2.94. The van der Waals surface area contributed by atoms with E-state index in [9.17, 15) is 4.79 Å². The largest absolute Gasteiger partial charge is 0.459 e. The first-order valence-electron chi connectivity index (χ1n) is 7.20. The molecule has 1 rings (SSSR count). The average molecular weight is 389 g/mol. The van der Waals surface area contributed by atoms with Crippen LogP contribution in [0, 0.1) is 0 Å². The molecule has 0 saturated carbocycles. The zero-order valence-corrected chi connectivity index (χ0v) is 15.7. The second kappa shape index (κ2) is 9.75. The number of halogens is 3. The quantitative estimate of drug-likeness (QED) is 0.596. The van der Waals surface area contributed by atoms with Crippen LogP contribution in [0.1, 0.15) is 45.4 Å². The molecule has 0 aliphatic carbocycles. The van der Waals surface area contributed by atoms with Crippen LogP contribution in [0.15, 0.2) is 0 Å². The molecule has 0 atom stereocenters. The highest BCUT2D eigenvalue weighted by atomic mass is 35.6. The van der Waals surface area contributed by atoms with Gasteiger partial charge >= 0.3 is 0 Å². The van der Waals surface area contributed by atoms with Crippen LogP contribution in [0.5, 0.6) is 5.19 Å². The van der Waals surface area contributed by atoms with Crippen molar-refractivity contribution < 1.29 is 9.53 Å². The van der Waals surface area contributed by atoms with E-state index in [0.717, 1.165) is 50.3 Å². The summed E-state index contributed by atoms with van der Waals surface area (Å²) in [5, 5.41) is 0.223. The van der Waals surface area contributed by atoms with Crippen LogP contribution >= 0.6 is 46.3 Å². The number of ether oxygens (including phenoxy) is 1. The van der Waals surface area contributed by atoms with Crippen molar-refractivity contribution in [2.75, 3.05) is 19.7 Å². The SMILES string of the molecule is CCCCN(CCCC)C(=O)COc1nc(C(Cl)(Cl)Cl)ns1. The van der Waals surface area contributed by atoms with E-state index in [0.29, 0.717) is 0 Å². The number of rotatable bonds is 9. The van der Waals surface area contributed by atoms with Gasteiger partial charge in [-0.25, -0.2) is 0 Å². The number of hydrogen-bond acceptors (Lipinski definition) is 5. The zero-order valence-electron chi connectivity index (χ0n) is 12.7. The molecule has 0 radical (unpaired) electrons. The van der Waals surface area contributed by atoms with Crippen molar-refractivity contribution in [3.63, 3.8) is 0 Å². The standard InChI is InChI=1S/C13H20Cl3N3O2S/c1-3-5-7-19(8-6-4-2)10(20)9-21-12-17-11(18-22-12)13(14,15)16/h3-9H2,1-2H3. The molecule has 22 heavy (non-hydrogen) atoms. The highest BCUT2D eigenvalue weighted by molar-refractivity contribution is 7.07. The lowest BCUT2D eigenvalue weighted by Crippen LogP contribution is -2.36. The second-order valence-corrected chi connectivity index (χ2v) is 7.75. The van der Waals surface area contributed by atoms with Crippen LogP contribution in [0.25, 0.3) is 0 Å². The third-order valence-electron chi connectivity index (χ3n) is 2.90. The molecule has 5 nitrogen and oxygen atoms in total. The van der Waals surface area contributed by atoms with Gasteiger partial charge in [0, 0.05) is 24.6 Å². The summed E-state index contributed by atoms with van der Waals surface area (Å²) in [6.07, 6.45) is 4.04. The number of carbonyl (C=O) groups is 1. The van der Waals surface area contributed by atoms with E-state index in [-0.39, 0.29) is 23.5 Å². The number of nitrogens with zero attached hydrogens (tertiary/aromatic N) is 3. The van der Waals surface area contributed by atoms with Crippen molar-refractivity contribution in [3.05, 3.63) is 5.82 Å². The van der Waals surface area contributed by atoms with Crippen LogP contribution < -0.4 is 4.74 Å². The molecule has 0 spiro atoms. The number of unbranched alkanes of at least 4 members (excludes halogenated alkanes) is 2. The molecule has 0 unspecified atom stereocenters. The van der Waals surface area contributed by atoms with E-state index in [1.807, 2.05) is 4.90 Å². The summed E-state index contributed by atoms with van der Waals surface area (Å²) >= 11 is 18.0. The summed E-state index contributed by atoms with van der Waals surface area (Å²) in [6.45, 7) is 5.60. The molecule has 0 aromatic carbocycles. The Morgan fingerprint density at radius 2 is 1.82 bits per heavy atom. The molecule has 1 aromatic rings. The van der Waals surface area contributed by atoms with Crippen molar-refractivity contribution in [2.24, 2.45) is 0 Å². The van der Waals surface area contributed by atoms with Gasteiger partial charge in [-0.15, -0.1) is 0 Å².